The van der Waals surface area contributed by atoms with Gasteiger partial charge in [0.15, 0.2) is 17.4 Å². The van der Waals surface area contributed by atoms with Crippen LogP contribution in [0.3, 0.4) is 0 Å². The molecule has 0 aliphatic heterocycles. The van der Waals surface area contributed by atoms with Crippen molar-refractivity contribution in [3.63, 3.8) is 0 Å². The van der Waals surface area contributed by atoms with Crippen molar-refractivity contribution in [3.8, 4) is 0 Å². The van der Waals surface area contributed by atoms with Crippen LogP contribution in [0.5, 0.6) is 0 Å². The third kappa shape index (κ3) is 3.30. The molecule has 0 radical (unpaired) electrons. The van der Waals surface area contributed by atoms with E-state index in [1.54, 1.807) is 0 Å². The quantitative estimate of drug-likeness (QED) is 0.706. The second-order valence-electron chi connectivity index (χ2n) is 4.41. The highest BCUT2D eigenvalue weighted by molar-refractivity contribution is 6.83. The SMILES string of the molecule is CC[Si](CC)(CC)O[SiH](C)c1ccccc1. The molecule has 0 heterocycles. The van der Waals surface area contributed by atoms with Crippen LogP contribution in [0.4, 0.5) is 0 Å². The minimum Gasteiger partial charge on any atom is -0.454 e. The third-order valence-electron chi connectivity index (χ3n) is 3.63. The second-order valence-corrected chi connectivity index (χ2v) is 11.8. The summed E-state index contributed by atoms with van der Waals surface area (Å²) in [5, 5.41) is 1.44. The summed E-state index contributed by atoms with van der Waals surface area (Å²) in [7, 11) is -2.58. The van der Waals surface area contributed by atoms with E-state index in [9.17, 15) is 0 Å². The van der Waals surface area contributed by atoms with Crippen LogP contribution in [-0.4, -0.2) is 17.4 Å². The highest BCUT2D eigenvalue weighted by Crippen LogP contribution is 2.22. The van der Waals surface area contributed by atoms with E-state index >= 15 is 0 Å². The molecule has 90 valence electrons. The molecule has 1 aromatic rings. The Bertz CT molecular complexity index is 288. The summed E-state index contributed by atoms with van der Waals surface area (Å²) in [6.07, 6.45) is 0. The minimum atomic E-state index is -1.40. The van der Waals surface area contributed by atoms with Gasteiger partial charge in [-0.2, -0.15) is 0 Å². The summed E-state index contributed by atoms with van der Waals surface area (Å²) in [6, 6.07) is 14.5. The molecule has 1 aromatic carbocycles. The molecule has 1 rings (SSSR count). The van der Waals surface area contributed by atoms with Crippen LogP contribution in [0.15, 0.2) is 30.3 Å². The van der Waals surface area contributed by atoms with Crippen LogP contribution in [0.25, 0.3) is 0 Å². The van der Waals surface area contributed by atoms with Gasteiger partial charge in [-0.05, 0) is 29.9 Å². The number of hydrogen-bond donors (Lipinski definition) is 0. The Morgan fingerprint density at radius 1 is 1.00 bits per heavy atom. The van der Waals surface area contributed by atoms with Crippen LogP contribution >= 0.6 is 0 Å². The van der Waals surface area contributed by atoms with Crippen LogP contribution in [0, 0.1) is 0 Å². The van der Waals surface area contributed by atoms with Crippen molar-refractivity contribution >= 4 is 22.5 Å². The van der Waals surface area contributed by atoms with Gasteiger partial charge in [-0.25, -0.2) is 0 Å². The van der Waals surface area contributed by atoms with E-state index in [4.69, 9.17) is 4.12 Å². The molecule has 0 aliphatic carbocycles. The zero-order valence-corrected chi connectivity index (χ0v) is 13.1. The lowest BCUT2D eigenvalue weighted by atomic mass is 10.4. The first-order valence-corrected chi connectivity index (χ1v) is 11.1. The van der Waals surface area contributed by atoms with Crippen molar-refractivity contribution in [2.75, 3.05) is 0 Å². The normalized spacial score (nSPS) is 13.8. The molecule has 0 bridgehead atoms. The average Bonchev–Trinajstić information content (AvgIpc) is 2.37. The molecule has 0 fully saturated rings. The summed E-state index contributed by atoms with van der Waals surface area (Å²) in [6.45, 7) is 9.21. The highest BCUT2D eigenvalue weighted by atomic mass is 28.4. The molecule has 1 atom stereocenters. The maximum absolute atomic E-state index is 6.55. The van der Waals surface area contributed by atoms with E-state index < -0.39 is 17.4 Å². The highest BCUT2D eigenvalue weighted by Gasteiger charge is 2.30. The Kier molecular flexibility index (Phi) is 5.45. The maximum atomic E-state index is 6.55. The van der Waals surface area contributed by atoms with Gasteiger partial charge < -0.3 is 4.12 Å². The number of rotatable bonds is 6. The molecule has 0 spiro atoms. The zero-order chi connectivity index (χ0) is 12.0. The van der Waals surface area contributed by atoms with Gasteiger partial charge in [-0.15, -0.1) is 0 Å². The van der Waals surface area contributed by atoms with Gasteiger partial charge in [0.05, 0.1) is 0 Å². The molecule has 0 saturated carbocycles. The van der Waals surface area contributed by atoms with Crippen molar-refractivity contribution in [2.45, 2.75) is 45.5 Å². The molecular formula is C13H24OSi2. The monoisotopic (exact) mass is 252 g/mol. The van der Waals surface area contributed by atoms with Crippen molar-refractivity contribution in [1.29, 1.82) is 0 Å². The first kappa shape index (κ1) is 13.7. The minimum absolute atomic E-state index is 1.18. The molecule has 0 amide bonds. The summed E-state index contributed by atoms with van der Waals surface area (Å²) < 4.78 is 6.55. The molecule has 0 N–H and O–H groups in total. The molecule has 0 aromatic heterocycles. The van der Waals surface area contributed by atoms with E-state index in [0.717, 1.165) is 0 Å². The molecule has 1 unspecified atom stereocenters. The fourth-order valence-electron chi connectivity index (χ4n) is 2.17. The predicted octanol–water partition coefficient (Wildman–Crippen LogP) is 3.27. The van der Waals surface area contributed by atoms with E-state index in [1.165, 1.54) is 23.3 Å². The van der Waals surface area contributed by atoms with Crippen molar-refractivity contribution in [3.05, 3.63) is 30.3 Å². The lowest BCUT2D eigenvalue weighted by Gasteiger charge is -2.32. The van der Waals surface area contributed by atoms with Gasteiger partial charge >= 0.3 is 0 Å². The van der Waals surface area contributed by atoms with Crippen molar-refractivity contribution < 1.29 is 4.12 Å². The number of benzene rings is 1. The largest absolute Gasteiger partial charge is 0.454 e. The lowest BCUT2D eigenvalue weighted by molar-refractivity contribution is 0.559. The summed E-state index contributed by atoms with van der Waals surface area (Å²) >= 11 is 0. The first-order valence-electron chi connectivity index (χ1n) is 6.40. The zero-order valence-electron chi connectivity index (χ0n) is 11.0. The lowest BCUT2D eigenvalue weighted by Crippen LogP contribution is -2.45. The topological polar surface area (TPSA) is 9.23 Å². The van der Waals surface area contributed by atoms with Crippen LogP contribution in [0.1, 0.15) is 20.8 Å². The molecule has 3 heteroatoms. The van der Waals surface area contributed by atoms with Crippen molar-refractivity contribution in [2.24, 2.45) is 0 Å². The van der Waals surface area contributed by atoms with Gasteiger partial charge in [-0.1, -0.05) is 51.1 Å². The molecule has 0 aliphatic rings. The van der Waals surface area contributed by atoms with E-state index in [-0.39, 0.29) is 0 Å². The molecular weight excluding hydrogens is 228 g/mol. The molecule has 16 heavy (non-hydrogen) atoms. The summed E-state index contributed by atoms with van der Waals surface area (Å²) in [5.74, 6) is 0. The maximum Gasteiger partial charge on any atom is 0.192 e. The fourth-order valence-corrected chi connectivity index (χ4v) is 9.98. The van der Waals surface area contributed by atoms with Crippen LogP contribution in [-0.2, 0) is 4.12 Å². The third-order valence-corrected chi connectivity index (χ3v) is 12.2. The van der Waals surface area contributed by atoms with Gasteiger partial charge in [0.2, 0.25) is 0 Å². The van der Waals surface area contributed by atoms with Gasteiger partial charge in [0.25, 0.3) is 0 Å². The van der Waals surface area contributed by atoms with Crippen molar-refractivity contribution in [1.82, 2.24) is 0 Å². The second kappa shape index (κ2) is 6.37. The fraction of sp³-hybridized carbons (Fsp3) is 0.538. The van der Waals surface area contributed by atoms with E-state index in [0.29, 0.717) is 0 Å². The Hall–Kier alpha value is -0.386. The average molecular weight is 253 g/mol. The Morgan fingerprint density at radius 2 is 1.50 bits per heavy atom. The van der Waals surface area contributed by atoms with E-state index in [1.807, 2.05) is 0 Å². The summed E-state index contributed by atoms with van der Waals surface area (Å²) in [5.41, 5.74) is 0. The first-order chi connectivity index (χ1) is 7.67. The smallest absolute Gasteiger partial charge is 0.192 e. The predicted molar refractivity (Wildman–Crippen MR) is 77.4 cm³/mol. The Balaban J connectivity index is 2.73. The van der Waals surface area contributed by atoms with Gasteiger partial charge in [0.1, 0.15) is 0 Å². The standard InChI is InChI=1S/C13H24OSi2/c1-5-16(6-2,7-3)14-15(4)13-11-9-8-10-12-13/h8-12,15H,5-7H2,1-4H3. The van der Waals surface area contributed by atoms with Crippen LogP contribution in [0.2, 0.25) is 24.7 Å². The number of hydrogen-bond acceptors (Lipinski definition) is 1. The Morgan fingerprint density at radius 3 is 1.94 bits per heavy atom. The van der Waals surface area contributed by atoms with E-state index in [2.05, 4.69) is 57.7 Å². The van der Waals surface area contributed by atoms with Gasteiger partial charge in [0, 0.05) is 0 Å². The van der Waals surface area contributed by atoms with Gasteiger partial charge in [-0.3, -0.25) is 0 Å². The molecule has 0 saturated heterocycles. The Labute approximate surface area is 103 Å². The van der Waals surface area contributed by atoms with Crippen LogP contribution < -0.4 is 5.19 Å². The summed E-state index contributed by atoms with van der Waals surface area (Å²) in [4.78, 5) is 0. The molecule has 1 nitrogen and oxygen atoms in total.